The summed E-state index contributed by atoms with van der Waals surface area (Å²) in [4.78, 5) is 22.0. The van der Waals surface area contributed by atoms with Gasteiger partial charge in [-0.2, -0.15) is 0 Å². The molecule has 2 aromatic rings. The molecule has 124 valence electrons. The number of rotatable bonds is 3. The maximum Gasteiger partial charge on any atom is 0.270 e. The summed E-state index contributed by atoms with van der Waals surface area (Å²) in [7, 11) is -4.03. The summed E-state index contributed by atoms with van der Waals surface area (Å²) in [6, 6.07) is 9.19. The second-order valence-corrected chi connectivity index (χ2v) is 7.47. The number of ketones is 1. The van der Waals surface area contributed by atoms with Crippen LogP contribution in [0.3, 0.4) is 0 Å². The zero-order chi connectivity index (χ0) is 17.5. The van der Waals surface area contributed by atoms with Crippen LogP contribution in [-0.4, -0.2) is 25.7 Å². The van der Waals surface area contributed by atoms with E-state index >= 15 is 0 Å². The second kappa shape index (κ2) is 5.88. The molecule has 0 atom stereocenters. The number of non-ortho nitro benzene ring substituents is 1. The van der Waals surface area contributed by atoms with Crippen molar-refractivity contribution in [3.63, 3.8) is 0 Å². The van der Waals surface area contributed by atoms with Crippen LogP contribution in [0.2, 0.25) is 5.02 Å². The van der Waals surface area contributed by atoms with Crippen molar-refractivity contribution in [2.24, 2.45) is 0 Å². The van der Waals surface area contributed by atoms with Crippen molar-refractivity contribution in [1.82, 2.24) is 0 Å². The van der Waals surface area contributed by atoms with Crippen LogP contribution in [0.1, 0.15) is 16.8 Å². The molecule has 0 saturated carbocycles. The van der Waals surface area contributed by atoms with E-state index in [-0.39, 0.29) is 40.6 Å². The van der Waals surface area contributed by atoms with Crippen LogP contribution >= 0.6 is 11.6 Å². The van der Waals surface area contributed by atoms with Crippen LogP contribution in [0.4, 0.5) is 11.4 Å². The summed E-state index contributed by atoms with van der Waals surface area (Å²) in [5.74, 6) is -0.196. The molecule has 24 heavy (non-hydrogen) atoms. The number of anilines is 1. The fraction of sp³-hybridized carbons (Fsp3) is 0.133. The maximum absolute atomic E-state index is 12.9. The van der Waals surface area contributed by atoms with Crippen LogP contribution in [0.25, 0.3) is 0 Å². The summed E-state index contributed by atoms with van der Waals surface area (Å²) >= 11 is 5.88. The highest BCUT2D eigenvalue weighted by molar-refractivity contribution is 7.92. The molecular weight excluding hydrogens is 356 g/mol. The molecule has 0 spiro atoms. The van der Waals surface area contributed by atoms with Crippen LogP contribution < -0.4 is 4.31 Å². The van der Waals surface area contributed by atoms with Gasteiger partial charge in [0.1, 0.15) is 0 Å². The van der Waals surface area contributed by atoms with Gasteiger partial charge in [-0.05, 0) is 24.3 Å². The molecular formula is C15H11ClN2O5S. The molecule has 0 aliphatic carbocycles. The fourth-order valence-electron chi connectivity index (χ4n) is 2.54. The predicted molar refractivity (Wildman–Crippen MR) is 88.0 cm³/mol. The Hall–Kier alpha value is -2.45. The molecule has 1 aliphatic heterocycles. The molecule has 0 amide bonds. The number of nitro benzene ring substituents is 1. The minimum Gasteiger partial charge on any atom is -0.294 e. The van der Waals surface area contributed by atoms with Gasteiger partial charge < -0.3 is 0 Å². The number of hydrogen-bond acceptors (Lipinski definition) is 5. The number of carbonyl (C=O) groups is 1. The molecule has 1 aliphatic rings. The summed E-state index contributed by atoms with van der Waals surface area (Å²) in [6.45, 7) is -0.0293. The van der Waals surface area contributed by atoms with E-state index in [0.29, 0.717) is 5.02 Å². The van der Waals surface area contributed by atoms with E-state index in [1.165, 1.54) is 36.4 Å². The molecule has 3 rings (SSSR count). The van der Waals surface area contributed by atoms with Gasteiger partial charge >= 0.3 is 0 Å². The van der Waals surface area contributed by atoms with Crippen molar-refractivity contribution in [3.8, 4) is 0 Å². The third kappa shape index (κ3) is 2.74. The fourth-order valence-corrected chi connectivity index (χ4v) is 4.24. The van der Waals surface area contributed by atoms with Gasteiger partial charge in [-0.25, -0.2) is 8.42 Å². The van der Waals surface area contributed by atoms with E-state index in [1.807, 2.05) is 0 Å². The van der Waals surface area contributed by atoms with Crippen molar-refractivity contribution in [2.45, 2.75) is 11.3 Å². The Morgan fingerprint density at radius 3 is 2.62 bits per heavy atom. The Labute approximate surface area is 142 Å². The van der Waals surface area contributed by atoms with Gasteiger partial charge in [0, 0.05) is 35.7 Å². The number of sulfonamides is 1. The van der Waals surface area contributed by atoms with Crippen molar-refractivity contribution < 1.29 is 18.1 Å². The Morgan fingerprint density at radius 2 is 1.92 bits per heavy atom. The van der Waals surface area contributed by atoms with Crippen molar-refractivity contribution in [3.05, 3.63) is 63.2 Å². The highest BCUT2D eigenvalue weighted by Gasteiger charge is 2.33. The minimum atomic E-state index is -4.03. The lowest BCUT2D eigenvalue weighted by Gasteiger charge is -2.29. The lowest BCUT2D eigenvalue weighted by Crippen LogP contribution is -2.37. The smallest absolute Gasteiger partial charge is 0.270 e. The average molecular weight is 367 g/mol. The summed E-state index contributed by atoms with van der Waals surface area (Å²) in [5, 5.41) is 11.2. The molecule has 0 radical (unpaired) electrons. The molecule has 0 unspecified atom stereocenters. The number of halogens is 1. The first-order valence-corrected chi connectivity index (χ1v) is 8.72. The number of carbonyl (C=O) groups excluding carboxylic acids is 1. The standard InChI is InChI=1S/C15H11ClN2O5S/c16-10-4-5-14-13(8-10)15(19)6-7-17(14)24(22,23)12-3-1-2-11(9-12)18(20)21/h1-5,8-9H,6-7H2. The molecule has 1 heterocycles. The highest BCUT2D eigenvalue weighted by atomic mass is 35.5. The van der Waals surface area contributed by atoms with Crippen molar-refractivity contribution >= 4 is 38.8 Å². The van der Waals surface area contributed by atoms with E-state index in [1.54, 1.807) is 0 Å². The Bertz CT molecular complexity index is 958. The third-order valence-electron chi connectivity index (χ3n) is 3.69. The Kier molecular flexibility index (Phi) is 4.02. The Balaban J connectivity index is 2.12. The first-order chi connectivity index (χ1) is 11.3. The van der Waals surface area contributed by atoms with E-state index in [2.05, 4.69) is 0 Å². The third-order valence-corrected chi connectivity index (χ3v) is 5.73. The van der Waals surface area contributed by atoms with E-state index in [4.69, 9.17) is 11.6 Å². The number of benzene rings is 2. The van der Waals surface area contributed by atoms with Gasteiger partial charge in [-0.3, -0.25) is 19.2 Å². The first kappa shape index (κ1) is 16.4. The Morgan fingerprint density at radius 1 is 1.17 bits per heavy atom. The topological polar surface area (TPSA) is 97.6 Å². The van der Waals surface area contributed by atoms with E-state index in [0.717, 1.165) is 10.4 Å². The molecule has 0 bridgehead atoms. The number of nitrogens with zero attached hydrogens (tertiary/aromatic N) is 2. The largest absolute Gasteiger partial charge is 0.294 e. The first-order valence-electron chi connectivity index (χ1n) is 6.90. The van der Waals surface area contributed by atoms with Crippen LogP contribution in [0, 0.1) is 10.1 Å². The normalized spacial score (nSPS) is 14.4. The van der Waals surface area contributed by atoms with E-state index in [9.17, 15) is 23.3 Å². The van der Waals surface area contributed by atoms with Gasteiger partial charge in [-0.15, -0.1) is 0 Å². The monoisotopic (exact) mass is 366 g/mol. The molecule has 0 aromatic heterocycles. The van der Waals surface area contributed by atoms with Crippen LogP contribution in [0.15, 0.2) is 47.4 Å². The summed E-state index contributed by atoms with van der Waals surface area (Å²) < 4.78 is 26.8. The molecule has 7 nitrogen and oxygen atoms in total. The maximum atomic E-state index is 12.9. The van der Waals surface area contributed by atoms with Crippen LogP contribution in [0.5, 0.6) is 0 Å². The molecule has 0 saturated heterocycles. The highest BCUT2D eigenvalue weighted by Crippen LogP contribution is 2.34. The molecule has 9 heteroatoms. The molecule has 0 fully saturated rings. The summed E-state index contributed by atoms with van der Waals surface area (Å²) in [6.07, 6.45) is 0.0154. The van der Waals surface area contributed by atoms with Gasteiger partial charge in [-0.1, -0.05) is 17.7 Å². The minimum absolute atomic E-state index is 0.0154. The average Bonchev–Trinajstić information content (AvgIpc) is 2.55. The van der Waals surface area contributed by atoms with Crippen molar-refractivity contribution in [1.29, 1.82) is 0 Å². The number of nitro groups is 1. The van der Waals surface area contributed by atoms with Crippen LogP contribution in [-0.2, 0) is 10.0 Å². The van der Waals surface area contributed by atoms with E-state index < -0.39 is 14.9 Å². The zero-order valence-electron chi connectivity index (χ0n) is 12.2. The number of Topliss-reactive ketones (excluding diaryl/α,β-unsaturated/α-hetero) is 1. The number of fused-ring (bicyclic) bond motifs is 1. The predicted octanol–water partition coefficient (Wildman–Crippen LogP) is 3.03. The van der Waals surface area contributed by atoms with Gasteiger partial charge in [0.15, 0.2) is 5.78 Å². The second-order valence-electron chi connectivity index (χ2n) is 5.17. The summed E-state index contributed by atoms with van der Waals surface area (Å²) in [5.41, 5.74) is 0.130. The molecule has 0 N–H and O–H groups in total. The van der Waals surface area contributed by atoms with Gasteiger partial charge in [0.2, 0.25) is 0 Å². The van der Waals surface area contributed by atoms with Gasteiger partial charge in [0.25, 0.3) is 15.7 Å². The quantitative estimate of drug-likeness (QED) is 0.614. The van der Waals surface area contributed by atoms with Crippen molar-refractivity contribution in [2.75, 3.05) is 10.8 Å². The SMILES string of the molecule is O=C1CCN(S(=O)(=O)c2cccc([N+](=O)[O-])c2)c2ccc(Cl)cc21. The van der Waals surface area contributed by atoms with Gasteiger partial charge in [0.05, 0.1) is 15.5 Å². The lowest BCUT2D eigenvalue weighted by molar-refractivity contribution is -0.385. The zero-order valence-corrected chi connectivity index (χ0v) is 13.7. The lowest BCUT2D eigenvalue weighted by atomic mass is 10.0. The number of hydrogen-bond donors (Lipinski definition) is 0. The molecule has 2 aromatic carbocycles.